The molecule has 1 saturated heterocycles. The molecule has 16 heavy (non-hydrogen) atoms. The summed E-state index contributed by atoms with van der Waals surface area (Å²) in [5, 5.41) is 0. The molecule has 1 aliphatic heterocycles. The number of hydrogen-bond donors (Lipinski definition) is 0. The Morgan fingerprint density at radius 1 is 1.12 bits per heavy atom. The normalized spacial score (nSPS) is 17.9. The lowest BCUT2D eigenvalue weighted by atomic mass is 10.1. The highest BCUT2D eigenvalue weighted by Crippen LogP contribution is 2.07. The van der Waals surface area contributed by atoms with Crippen molar-refractivity contribution in [1.82, 2.24) is 9.80 Å². The topological polar surface area (TPSA) is 40.6 Å². The van der Waals surface area contributed by atoms with Crippen molar-refractivity contribution in [1.29, 1.82) is 0 Å². The van der Waals surface area contributed by atoms with Crippen LogP contribution < -0.4 is 0 Å². The molecule has 0 radical (unpaired) electrons. The fourth-order valence-corrected chi connectivity index (χ4v) is 1.95. The van der Waals surface area contributed by atoms with E-state index < -0.39 is 0 Å². The fourth-order valence-electron chi connectivity index (χ4n) is 1.95. The van der Waals surface area contributed by atoms with E-state index in [-0.39, 0.29) is 11.7 Å². The zero-order chi connectivity index (χ0) is 12.1. The zero-order valence-electron chi connectivity index (χ0n) is 10.5. The van der Waals surface area contributed by atoms with E-state index in [1.54, 1.807) is 6.92 Å². The van der Waals surface area contributed by atoms with Crippen LogP contribution in [0.1, 0.15) is 27.2 Å². The maximum Gasteiger partial charge on any atom is 0.222 e. The van der Waals surface area contributed by atoms with Gasteiger partial charge in [-0.25, -0.2) is 0 Å². The summed E-state index contributed by atoms with van der Waals surface area (Å²) >= 11 is 0. The molecule has 0 aliphatic carbocycles. The van der Waals surface area contributed by atoms with E-state index in [9.17, 15) is 9.59 Å². The van der Waals surface area contributed by atoms with Crippen molar-refractivity contribution >= 4 is 11.7 Å². The first-order valence-electron chi connectivity index (χ1n) is 5.98. The maximum atomic E-state index is 11.8. The number of Topliss-reactive ketones (excluding diaryl/α,β-unsaturated/α-hetero) is 1. The molecule has 1 rings (SSSR count). The van der Waals surface area contributed by atoms with Crippen LogP contribution in [0.5, 0.6) is 0 Å². The van der Waals surface area contributed by atoms with Crippen LogP contribution >= 0.6 is 0 Å². The Morgan fingerprint density at radius 2 is 1.69 bits per heavy atom. The minimum absolute atomic E-state index is 0.196. The average Bonchev–Trinajstić information content (AvgIpc) is 2.16. The van der Waals surface area contributed by atoms with Crippen LogP contribution in [0.4, 0.5) is 0 Å². The molecule has 0 aromatic carbocycles. The molecule has 4 nitrogen and oxygen atoms in total. The van der Waals surface area contributed by atoms with Gasteiger partial charge in [0.1, 0.15) is 5.78 Å². The summed E-state index contributed by atoms with van der Waals surface area (Å²) in [6, 6.07) is 0. The minimum Gasteiger partial charge on any atom is -0.340 e. The van der Waals surface area contributed by atoms with Crippen LogP contribution in [0.2, 0.25) is 0 Å². The van der Waals surface area contributed by atoms with Crippen molar-refractivity contribution < 1.29 is 9.59 Å². The first-order chi connectivity index (χ1) is 7.49. The van der Waals surface area contributed by atoms with Crippen molar-refractivity contribution in [2.75, 3.05) is 32.7 Å². The van der Waals surface area contributed by atoms with Gasteiger partial charge in [0.2, 0.25) is 5.91 Å². The van der Waals surface area contributed by atoms with Gasteiger partial charge in [0.15, 0.2) is 0 Å². The van der Waals surface area contributed by atoms with E-state index in [1.165, 1.54) is 0 Å². The highest BCUT2D eigenvalue weighted by Gasteiger charge is 2.21. The SMILES string of the molecule is CC(=O)CN1CCN(C(=O)CC(C)C)CC1. The van der Waals surface area contributed by atoms with Crippen LogP contribution in [0.25, 0.3) is 0 Å². The largest absolute Gasteiger partial charge is 0.340 e. The molecular formula is C12H22N2O2. The molecule has 0 N–H and O–H groups in total. The Kier molecular flexibility index (Phi) is 4.93. The van der Waals surface area contributed by atoms with Gasteiger partial charge in [0.05, 0.1) is 6.54 Å². The van der Waals surface area contributed by atoms with Gasteiger partial charge in [-0.1, -0.05) is 13.8 Å². The van der Waals surface area contributed by atoms with Crippen molar-refractivity contribution in [2.24, 2.45) is 5.92 Å². The summed E-state index contributed by atoms with van der Waals surface area (Å²) < 4.78 is 0. The summed E-state index contributed by atoms with van der Waals surface area (Å²) in [7, 11) is 0. The Bertz CT molecular complexity index is 256. The average molecular weight is 226 g/mol. The number of hydrogen-bond acceptors (Lipinski definition) is 3. The third-order valence-electron chi connectivity index (χ3n) is 2.75. The molecule has 0 saturated carbocycles. The van der Waals surface area contributed by atoms with E-state index in [2.05, 4.69) is 18.7 Å². The maximum absolute atomic E-state index is 11.8. The Balaban J connectivity index is 2.31. The summed E-state index contributed by atoms with van der Waals surface area (Å²) in [5.41, 5.74) is 0. The second-order valence-electron chi connectivity index (χ2n) is 4.96. The summed E-state index contributed by atoms with van der Waals surface area (Å²) in [4.78, 5) is 26.8. The van der Waals surface area contributed by atoms with Gasteiger partial charge in [-0.05, 0) is 12.8 Å². The van der Waals surface area contributed by atoms with Gasteiger partial charge >= 0.3 is 0 Å². The number of rotatable bonds is 4. The van der Waals surface area contributed by atoms with Gasteiger partial charge < -0.3 is 4.90 Å². The molecule has 1 fully saturated rings. The predicted molar refractivity (Wildman–Crippen MR) is 63.2 cm³/mol. The molecule has 0 bridgehead atoms. The second-order valence-corrected chi connectivity index (χ2v) is 4.96. The number of piperazine rings is 1. The summed E-state index contributed by atoms with van der Waals surface area (Å²) in [5.74, 6) is 0.863. The van der Waals surface area contributed by atoms with Crippen molar-refractivity contribution in [3.63, 3.8) is 0 Å². The van der Waals surface area contributed by atoms with Crippen molar-refractivity contribution in [3.05, 3.63) is 0 Å². The Morgan fingerprint density at radius 3 is 2.12 bits per heavy atom. The molecular weight excluding hydrogens is 204 g/mol. The molecule has 0 spiro atoms. The lowest BCUT2D eigenvalue weighted by Gasteiger charge is -2.34. The van der Waals surface area contributed by atoms with Gasteiger partial charge in [-0.3, -0.25) is 14.5 Å². The second kappa shape index (κ2) is 5.99. The van der Waals surface area contributed by atoms with E-state index in [0.29, 0.717) is 18.9 Å². The molecule has 0 atom stereocenters. The Hall–Kier alpha value is -0.900. The summed E-state index contributed by atoms with van der Waals surface area (Å²) in [6.45, 7) is 9.42. The van der Waals surface area contributed by atoms with E-state index in [1.807, 2.05) is 4.90 Å². The Labute approximate surface area is 97.6 Å². The smallest absolute Gasteiger partial charge is 0.222 e. The number of amides is 1. The van der Waals surface area contributed by atoms with Gasteiger partial charge in [0, 0.05) is 32.6 Å². The highest BCUT2D eigenvalue weighted by molar-refractivity contribution is 5.78. The van der Waals surface area contributed by atoms with E-state index in [4.69, 9.17) is 0 Å². The van der Waals surface area contributed by atoms with Crippen LogP contribution in [-0.2, 0) is 9.59 Å². The fraction of sp³-hybridized carbons (Fsp3) is 0.833. The number of carbonyl (C=O) groups is 2. The lowest BCUT2D eigenvalue weighted by molar-refractivity contribution is -0.133. The van der Waals surface area contributed by atoms with Gasteiger partial charge in [-0.2, -0.15) is 0 Å². The third-order valence-corrected chi connectivity index (χ3v) is 2.75. The van der Waals surface area contributed by atoms with E-state index >= 15 is 0 Å². The molecule has 0 unspecified atom stereocenters. The van der Waals surface area contributed by atoms with Crippen LogP contribution in [0, 0.1) is 5.92 Å². The molecule has 0 aromatic rings. The molecule has 1 heterocycles. The summed E-state index contributed by atoms with van der Waals surface area (Å²) in [6.07, 6.45) is 0.632. The zero-order valence-corrected chi connectivity index (χ0v) is 10.5. The lowest BCUT2D eigenvalue weighted by Crippen LogP contribution is -2.49. The minimum atomic E-state index is 0.196. The number of ketones is 1. The quantitative estimate of drug-likeness (QED) is 0.711. The number of carbonyl (C=O) groups excluding carboxylic acids is 2. The molecule has 1 aliphatic rings. The van der Waals surface area contributed by atoms with E-state index in [0.717, 1.165) is 26.2 Å². The monoisotopic (exact) mass is 226 g/mol. The number of nitrogens with zero attached hydrogens (tertiary/aromatic N) is 2. The van der Waals surface area contributed by atoms with Crippen LogP contribution in [-0.4, -0.2) is 54.2 Å². The standard InChI is InChI=1S/C12H22N2O2/c1-10(2)8-12(16)14-6-4-13(5-7-14)9-11(3)15/h10H,4-9H2,1-3H3. The van der Waals surface area contributed by atoms with Crippen LogP contribution in [0.15, 0.2) is 0 Å². The van der Waals surface area contributed by atoms with Crippen molar-refractivity contribution in [2.45, 2.75) is 27.2 Å². The van der Waals surface area contributed by atoms with Gasteiger partial charge in [-0.15, -0.1) is 0 Å². The molecule has 4 heteroatoms. The highest BCUT2D eigenvalue weighted by atomic mass is 16.2. The molecule has 1 amide bonds. The van der Waals surface area contributed by atoms with Gasteiger partial charge in [0.25, 0.3) is 0 Å². The molecule has 92 valence electrons. The van der Waals surface area contributed by atoms with Crippen LogP contribution in [0.3, 0.4) is 0 Å². The molecule has 0 aromatic heterocycles. The first-order valence-corrected chi connectivity index (χ1v) is 5.98. The first kappa shape index (κ1) is 13.2. The van der Waals surface area contributed by atoms with Crippen molar-refractivity contribution in [3.8, 4) is 0 Å². The third kappa shape index (κ3) is 4.31. The predicted octanol–water partition coefficient (Wildman–Crippen LogP) is 0.766.